The van der Waals surface area contributed by atoms with Crippen LogP contribution in [0.1, 0.15) is 43.0 Å². The van der Waals surface area contributed by atoms with E-state index in [2.05, 4.69) is 23.3 Å². The molecule has 0 fully saturated rings. The van der Waals surface area contributed by atoms with E-state index in [1.807, 2.05) is 36.4 Å². The zero-order chi connectivity index (χ0) is 18.8. The summed E-state index contributed by atoms with van der Waals surface area (Å²) in [7, 11) is 0. The van der Waals surface area contributed by atoms with E-state index >= 15 is 0 Å². The fourth-order valence-corrected chi connectivity index (χ4v) is 4.72. The minimum absolute atomic E-state index is 0.0119. The number of hydrogen-bond donors (Lipinski definition) is 1. The lowest BCUT2D eigenvalue weighted by Gasteiger charge is -2.33. The molecule has 1 aliphatic heterocycles. The fraction of sp³-hybridized carbons (Fsp3) is 0.318. The molecular weight excluding hydrogens is 356 g/mol. The number of nitrogens with one attached hydrogen (secondary N) is 1. The monoisotopic (exact) mass is 378 g/mol. The van der Waals surface area contributed by atoms with Crippen LogP contribution in [0, 0.1) is 5.92 Å². The van der Waals surface area contributed by atoms with Crippen molar-refractivity contribution in [1.82, 2.24) is 5.32 Å². The lowest BCUT2D eigenvalue weighted by molar-refractivity contribution is -0.117. The molecule has 0 radical (unpaired) electrons. The van der Waals surface area contributed by atoms with Gasteiger partial charge in [0.1, 0.15) is 0 Å². The molecule has 1 heterocycles. The van der Waals surface area contributed by atoms with Gasteiger partial charge in [-0.2, -0.15) is 0 Å². The van der Waals surface area contributed by atoms with Crippen LogP contribution in [0.15, 0.2) is 69.2 Å². The van der Waals surface area contributed by atoms with Gasteiger partial charge in [-0.15, -0.1) is 11.8 Å². The Hall–Kier alpha value is -2.40. The first kappa shape index (κ1) is 18.0. The maximum atomic E-state index is 12.7. The number of carbonyl (C=O) groups is 2. The molecule has 4 rings (SSSR count). The summed E-state index contributed by atoms with van der Waals surface area (Å²) in [5.74, 6) is 0.782. The number of aliphatic imine (C=N–C) groups is 1. The molecule has 138 valence electrons. The number of allylic oxidation sites excluding steroid dienone is 3. The Morgan fingerprint density at radius 2 is 2.07 bits per heavy atom. The summed E-state index contributed by atoms with van der Waals surface area (Å²) in [5.41, 5.74) is 4.24. The van der Waals surface area contributed by atoms with Gasteiger partial charge >= 0.3 is 0 Å². The van der Waals surface area contributed by atoms with Crippen LogP contribution in [0.5, 0.6) is 0 Å². The van der Waals surface area contributed by atoms with Gasteiger partial charge in [0.05, 0.1) is 11.3 Å². The first-order chi connectivity index (χ1) is 13.2. The average molecular weight is 378 g/mol. The van der Waals surface area contributed by atoms with Gasteiger partial charge in [-0.3, -0.25) is 9.59 Å². The highest BCUT2D eigenvalue weighted by molar-refractivity contribution is 7.99. The van der Waals surface area contributed by atoms with Crippen LogP contribution in [0.2, 0.25) is 0 Å². The number of fused-ring (bicyclic) bond motifs is 2. The molecule has 0 aromatic heterocycles. The Bertz CT molecular complexity index is 924. The van der Waals surface area contributed by atoms with Gasteiger partial charge in [-0.1, -0.05) is 25.1 Å². The number of amides is 2. The van der Waals surface area contributed by atoms with Gasteiger partial charge in [0.15, 0.2) is 0 Å². The Labute approximate surface area is 163 Å². The van der Waals surface area contributed by atoms with Crippen molar-refractivity contribution < 1.29 is 9.59 Å². The Morgan fingerprint density at radius 3 is 2.93 bits per heavy atom. The molecule has 2 amide bonds. The second kappa shape index (κ2) is 7.69. The van der Waals surface area contributed by atoms with E-state index < -0.39 is 0 Å². The van der Waals surface area contributed by atoms with Crippen LogP contribution in [-0.2, 0) is 4.79 Å². The van der Waals surface area contributed by atoms with Gasteiger partial charge in [0, 0.05) is 22.1 Å². The van der Waals surface area contributed by atoms with E-state index in [-0.39, 0.29) is 17.7 Å². The van der Waals surface area contributed by atoms with Crippen molar-refractivity contribution in [1.29, 1.82) is 0 Å². The van der Waals surface area contributed by atoms with Crippen LogP contribution >= 0.6 is 11.8 Å². The summed E-state index contributed by atoms with van der Waals surface area (Å²) in [5, 5.41) is 3.01. The zero-order valence-corrected chi connectivity index (χ0v) is 16.1. The van der Waals surface area contributed by atoms with Crippen LogP contribution in [0.25, 0.3) is 0 Å². The smallest absolute Gasteiger partial charge is 0.278 e. The van der Waals surface area contributed by atoms with Crippen LogP contribution in [-0.4, -0.2) is 23.3 Å². The molecule has 1 aromatic carbocycles. The summed E-state index contributed by atoms with van der Waals surface area (Å²) < 4.78 is 0. The third-order valence-corrected chi connectivity index (χ3v) is 6.12. The molecule has 27 heavy (non-hydrogen) atoms. The van der Waals surface area contributed by atoms with Crippen LogP contribution in [0.4, 0.5) is 0 Å². The Balaban J connectivity index is 1.62. The number of nitrogens with zero attached hydrogens (tertiary/aromatic N) is 1. The summed E-state index contributed by atoms with van der Waals surface area (Å²) >= 11 is 1.64. The van der Waals surface area contributed by atoms with E-state index in [4.69, 9.17) is 0 Å². The predicted molar refractivity (Wildman–Crippen MR) is 109 cm³/mol. The third-order valence-electron chi connectivity index (χ3n) is 5.16. The second-order valence-electron chi connectivity index (χ2n) is 6.87. The SMILES string of the molecule is CCSc1ccccc1C(=O)N=C1C=CC2C(=C1)NC(=O)C1=C2CCCC1. The minimum atomic E-state index is -0.249. The van der Waals surface area contributed by atoms with Gasteiger partial charge in [-0.25, -0.2) is 4.99 Å². The molecule has 5 heteroatoms. The molecule has 0 saturated carbocycles. The standard InChI is InChI=1S/C22H22N2O2S/c1-2-27-20-10-6-5-9-18(20)22(26)23-14-11-12-16-15-7-3-4-8-17(15)21(25)24-19(16)13-14/h5-6,9-13,16H,2-4,7-8H2,1H3,(H,24,25). The van der Waals surface area contributed by atoms with Crippen molar-refractivity contribution in [2.75, 3.05) is 5.75 Å². The molecule has 3 aliphatic rings. The molecule has 1 aromatic rings. The first-order valence-electron chi connectivity index (χ1n) is 9.45. The second-order valence-corrected chi connectivity index (χ2v) is 8.18. The van der Waals surface area contributed by atoms with Crippen molar-refractivity contribution in [2.24, 2.45) is 10.9 Å². The molecule has 1 atom stereocenters. The van der Waals surface area contributed by atoms with Gasteiger partial charge in [0.25, 0.3) is 11.8 Å². The molecule has 0 bridgehead atoms. The summed E-state index contributed by atoms with van der Waals surface area (Å²) in [6.07, 6.45) is 9.86. The number of benzene rings is 1. The van der Waals surface area contributed by atoms with Gasteiger partial charge in [-0.05, 0) is 61.3 Å². The zero-order valence-electron chi connectivity index (χ0n) is 15.3. The van der Waals surface area contributed by atoms with Crippen molar-refractivity contribution >= 4 is 29.3 Å². The highest BCUT2D eigenvalue weighted by Crippen LogP contribution is 2.38. The normalized spacial score (nSPS) is 22.9. The van der Waals surface area contributed by atoms with E-state index in [0.717, 1.165) is 47.6 Å². The van der Waals surface area contributed by atoms with Gasteiger partial charge in [0.2, 0.25) is 0 Å². The molecule has 0 saturated heterocycles. The predicted octanol–water partition coefficient (Wildman–Crippen LogP) is 4.45. The largest absolute Gasteiger partial charge is 0.325 e. The Morgan fingerprint density at radius 1 is 1.26 bits per heavy atom. The fourth-order valence-electron chi connectivity index (χ4n) is 3.92. The van der Waals surface area contributed by atoms with E-state index in [1.165, 1.54) is 5.57 Å². The third kappa shape index (κ3) is 3.56. The molecule has 1 N–H and O–H groups in total. The van der Waals surface area contributed by atoms with Crippen molar-refractivity contribution in [3.05, 3.63) is 64.9 Å². The van der Waals surface area contributed by atoms with Crippen LogP contribution in [0.3, 0.4) is 0 Å². The Kier molecular flexibility index (Phi) is 5.12. The number of thioether (sulfide) groups is 1. The summed E-state index contributed by atoms with van der Waals surface area (Å²) in [4.78, 5) is 30.4. The van der Waals surface area contributed by atoms with E-state index in [1.54, 1.807) is 11.8 Å². The summed E-state index contributed by atoms with van der Waals surface area (Å²) in [6, 6.07) is 7.55. The van der Waals surface area contributed by atoms with Crippen molar-refractivity contribution in [3.63, 3.8) is 0 Å². The topological polar surface area (TPSA) is 58.5 Å². The molecule has 2 aliphatic carbocycles. The van der Waals surface area contributed by atoms with E-state index in [9.17, 15) is 9.59 Å². The highest BCUT2D eigenvalue weighted by atomic mass is 32.2. The first-order valence-corrected chi connectivity index (χ1v) is 10.4. The molecule has 0 spiro atoms. The minimum Gasteiger partial charge on any atom is -0.325 e. The maximum Gasteiger partial charge on any atom is 0.278 e. The molecule has 1 unspecified atom stereocenters. The van der Waals surface area contributed by atoms with Crippen LogP contribution < -0.4 is 5.32 Å². The number of rotatable bonds is 3. The average Bonchev–Trinajstić information content (AvgIpc) is 2.69. The van der Waals surface area contributed by atoms with Crippen molar-refractivity contribution in [2.45, 2.75) is 37.5 Å². The van der Waals surface area contributed by atoms with Gasteiger partial charge < -0.3 is 5.32 Å². The lowest BCUT2D eigenvalue weighted by Crippen LogP contribution is -2.37. The number of hydrogen-bond acceptors (Lipinski definition) is 3. The summed E-state index contributed by atoms with van der Waals surface area (Å²) in [6.45, 7) is 2.06. The maximum absolute atomic E-state index is 12.7. The number of carbonyl (C=O) groups excluding carboxylic acids is 2. The van der Waals surface area contributed by atoms with E-state index in [0.29, 0.717) is 11.3 Å². The van der Waals surface area contributed by atoms with Crippen molar-refractivity contribution in [3.8, 4) is 0 Å². The highest BCUT2D eigenvalue weighted by Gasteiger charge is 2.33. The molecular formula is C22H22N2O2S. The lowest BCUT2D eigenvalue weighted by atomic mass is 9.77. The molecule has 4 nitrogen and oxygen atoms in total. The quantitative estimate of drug-likeness (QED) is 0.791.